The molecule has 2 unspecified atom stereocenters. The molecule has 0 aliphatic carbocycles. The molecule has 134 valence electrons. The standard InChI is InChI=1S/C17H20BrN3O3S/c1-9-15(18)10(2)21(20-9)7-12-6-11(4-5-14(12)24-3)16-19-13(8-25-16)17(22)23/h4-6,13,16,19H,7-8H2,1-3H3,(H,22,23). The highest BCUT2D eigenvalue weighted by Crippen LogP contribution is 2.35. The molecule has 0 radical (unpaired) electrons. The van der Waals surface area contributed by atoms with Gasteiger partial charge in [0, 0.05) is 11.3 Å². The molecule has 1 aromatic heterocycles. The van der Waals surface area contributed by atoms with E-state index in [4.69, 9.17) is 9.84 Å². The van der Waals surface area contributed by atoms with Gasteiger partial charge in [-0.1, -0.05) is 6.07 Å². The normalized spacial score (nSPS) is 20.0. The van der Waals surface area contributed by atoms with Crippen molar-refractivity contribution in [2.24, 2.45) is 0 Å². The van der Waals surface area contributed by atoms with E-state index in [0.29, 0.717) is 12.3 Å². The molecule has 1 saturated heterocycles. The van der Waals surface area contributed by atoms with Gasteiger partial charge in [0.15, 0.2) is 0 Å². The number of methoxy groups -OCH3 is 1. The molecule has 2 N–H and O–H groups in total. The van der Waals surface area contributed by atoms with Gasteiger partial charge in [0.25, 0.3) is 0 Å². The van der Waals surface area contributed by atoms with Gasteiger partial charge >= 0.3 is 5.97 Å². The van der Waals surface area contributed by atoms with E-state index in [1.165, 1.54) is 0 Å². The van der Waals surface area contributed by atoms with Crippen molar-refractivity contribution in [3.63, 3.8) is 0 Å². The first-order valence-electron chi connectivity index (χ1n) is 7.87. The van der Waals surface area contributed by atoms with E-state index in [1.807, 2.05) is 30.7 Å². The van der Waals surface area contributed by atoms with Gasteiger partial charge in [0.1, 0.15) is 11.8 Å². The van der Waals surface area contributed by atoms with Crippen LogP contribution in [0, 0.1) is 13.8 Å². The van der Waals surface area contributed by atoms with E-state index >= 15 is 0 Å². The number of benzene rings is 1. The Hall–Kier alpha value is -1.51. The number of aryl methyl sites for hydroxylation is 1. The van der Waals surface area contributed by atoms with E-state index in [-0.39, 0.29) is 5.37 Å². The monoisotopic (exact) mass is 425 g/mol. The summed E-state index contributed by atoms with van der Waals surface area (Å²) in [6.45, 7) is 4.58. The maximum atomic E-state index is 11.1. The average molecular weight is 426 g/mol. The van der Waals surface area contributed by atoms with Crippen molar-refractivity contribution in [2.45, 2.75) is 31.8 Å². The molecular weight excluding hydrogens is 406 g/mol. The van der Waals surface area contributed by atoms with E-state index in [2.05, 4.69) is 32.4 Å². The van der Waals surface area contributed by atoms with Crippen LogP contribution in [0.2, 0.25) is 0 Å². The first-order valence-corrected chi connectivity index (χ1v) is 9.71. The number of nitrogens with zero attached hydrogens (tertiary/aromatic N) is 2. The smallest absolute Gasteiger partial charge is 0.321 e. The number of rotatable bonds is 5. The predicted molar refractivity (Wildman–Crippen MR) is 101 cm³/mol. The minimum atomic E-state index is -0.809. The van der Waals surface area contributed by atoms with Gasteiger partial charge in [-0.05, 0) is 47.5 Å². The highest BCUT2D eigenvalue weighted by molar-refractivity contribution is 9.10. The Morgan fingerprint density at radius 1 is 1.52 bits per heavy atom. The zero-order chi connectivity index (χ0) is 18.1. The summed E-state index contributed by atoms with van der Waals surface area (Å²) in [6.07, 6.45) is 0. The lowest BCUT2D eigenvalue weighted by Crippen LogP contribution is -2.33. The third kappa shape index (κ3) is 3.70. The van der Waals surface area contributed by atoms with E-state index < -0.39 is 12.0 Å². The highest BCUT2D eigenvalue weighted by atomic mass is 79.9. The third-order valence-electron chi connectivity index (χ3n) is 4.30. The summed E-state index contributed by atoms with van der Waals surface area (Å²) in [7, 11) is 1.65. The maximum Gasteiger partial charge on any atom is 0.321 e. The lowest BCUT2D eigenvalue weighted by Gasteiger charge is -2.16. The van der Waals surface area contributed by atoms with Crippen molar-refractivity contribution in [1.82, 2.24) is 15.1 Å². The van der Waals surface area contributed by atoms with Gasteiger partial charge in [-0.15, -0.1) is 11.8 Å². The molecule has 25 heavy (non-hydrogen) atoms. The van der Waals surface area contributed by atoms with Crippen LogP contribution in [0.5, 0.6) is 5.75 Å². The molecule has 2 aromatic rings. The maximum absolute atomic E-state index is 11.1. The van der Waals surface area contributed by atoms with E-state index in [9.17, 15) is 4.79 Å². The fourth-order valence-corrected chi connectivity index (χ4v) is 4.39. The third-order valence-corrected chi connectivity index (χ3v) is 6.72. The molecule has 0 bridgehead atoms. The predicted octanol–water partition coefficient (Wildman–Crippen LogP) is 3.11. The Balaban J connectivity index is 1.88. The van der Waals surface area contributed by atoms with Crippen molar-refractivity contribution in [1.29, 1.82) is 0 Å². The molecule has 0 spiro atoms. The Labute approximate surface area is 159 Å². The zero-order valence-electron chi connectivity index (χ0n) is 14.2. The molecule has 3 rings (SSSR count). The van der Waals surface area contributed by atoms with Gasteiger partial charge < -0.3 is 9.84 Å². The molecule has 1 aliphatic heterocycles. The van der Waals surface area contributed by atoms with Crippen molar-refractivity contribution in [3.8, 4) is 5.75 Å². The minimum absolute atomic E-state index is 0.0297. The van der Waals surface area contributed by atoms with Gasteiger partial charge in [-0.25, -0.2) is 0 Å². The van der Waals surface area contributed by atoms with Gasteiger partial charge in [0.05, 0.1) is 34.9 Å². The Morgan fingerprint density at radius 2 is 2.28 bits per heavy atom. The zero-order valence-corrected chi connectivity index (χ0v) is 16.6. The highest BCUT2D eigenvalue weighted by Gasteiger charge is 2.30. The number of carboxylic acid groups (broad SMARTS) is 1. The Kier molecular flexibility index (Phi) is 5.41. The van der Waals surface area contributed by atoms with Crippen LogP contribution in [-0.4, -0.2) is 39.8 Å². The molecule has 2 atom stereocenters. The van der Waals surface area contributed by atoms with Crippen LogP contribution >= 0.6 is 27.7 Å². The Morgan fingerprint density at radius 3 is 2.84 bits per heavy atom. The summed E-state index contributed by atoms with van der Waals surface area (Å²) in [5.74, 6) is 0.549. The number of hydrogen-bond acceptors (Lipinski definition) is 5. The summed E-state index contributed by atoms with van der Waals surface area (Å²) in [4.78, 5) is 11.1. The largest absolute Gasteiger partial charge is 0.496 e. The number of thioether (sulfide) groups is 1. The summed E-state index contributed by atoms with van der Waals surface area (Å²) >= 11 is 5.16. The lowest BCUT2D eigenvalue weighted by molar-refractivity contribution is -0.138. The van der Waals surface area contributed by atoms with Crippen molar-refractivity contribution in [2.75, 3.05) is 12.9 Å². The molecule has 2 heterocycles. The second-order valence-electron chi connectivity index (χ2n) is 5.98. The number of halogens is 1. The second-order valence-corrected chi connectivity index (χ2v) is 7.92. The fraction of sp³-hybridized carbons (Fsp3) is 0.412. The number of ether oxygens (including phenoxy) is 1. The molecule has 1 aromatic carbocycles. The minimum Gasteiger partial charge on any atom is -0.496 e. The van der Waals surface area contributed by atoms with Crippen LogP contribution < -0.4 is 10.1 Å². The van der Waals surface area contributed by atoms with Gasteiger partial charge in [-0.3, -0.25) is 14.8 Å². The number of carbonyl (C=O) groups is 1. The number of nitrogens with one attached hydrogen (secondary N) is 1. The van der Waals surface area contributed by atoms with Crippen LogP contribution in [0.25, 0.3) is 0 Å². The number of hydrogen-bond donors (Lipinski definition) is 2. The average Bonchev–Trinajstić information content (AvgIpc) is 3.17. The second kappa shape index (κ2) is 7.39. The number of aromatic nitrogens is 2. The number of carboxylic acids is 1. The fourth-order valence-electron chi connectivity index (χ4n) is 2.88. The Bertz CT molecular complexity index is 809. The molecule has 0 amide bonds. The summed E-state index contributed by atoms with van der Waals surface area (Å²) in [5, 5.41) is 16.8. The molecule has 1 fully saturated rings. The van der Waals surface area contributed by atoms with Crippen LogP contribution in [0.1, 0.15) is 27.9 Å². The van der Waals surface area contributed by atoms with Crippen molar-refractivity contribution >= 4 is 33.7 Å². The number of aliphatic carboxylic acids is 1. The first-order chi connectivity index (χ1) is 11.9. The van der Waals surface area contributed by atoms with Crippen LogP contribution in [0.15, 0.2) is 22.7 Å². The van der Waals surface area contributed by atoms with Crippen molar-refractivity contribution in [3.05, 3.63) is 45.2 Å². The lowest BCUT2D eigenvalue weighted by atomic mass is 10.1. The summed E-state index contributed by atoms with van der Waals surface area (Å²) < 4.78 is 8.45. The molecule has 1 aliphatic rings. The van der Waals surface area contributed by atoms with Crippen molar-refractivity contribution < 1.29 is 14.6 Å². The first kappa shape index (κ1) is 18.3. The van der Waals surface area contributed by atoms with Crippen LogP contribution in [0.3, 0.4) is 0 Å². The van der Waals surface area contributed by atoms with E-state index in [0.717, 1.165) is 32.7 Å². The summed E-state index contributed by atoms with van der Waals surface area (Å²) in [5.41, 5.74) is 4.07. The van der Waals surface area contributed by atoms with Gasteiger partial charge in [0.2, 0.25) is 0 Å². The SMILES string of the molecule is COc1ccc(C2NC(C(=O)O)CS2)cc1Cn1nc(C)c(Br)c1C. The van der Waals surface area contributed by atoms with Crippen LogP contribution in [0.4, 0.5) is 0 Å². The van der Waals surface area contributed by atoms with E-state index in [1.54, 1.807) is 18.9 Å². The molecule has 8 heteroatoms. The van der Waals surface area contributed by atoms with Gasteiger partial charge in [-0.2, -0.15) is 5.10 Å². The summed E-state index contributed by atoms with van der Waals surface area (Å²) in [6, 6.07) is 5.47. The van der Waals surface area contributed by atoms with Crippen LogP contribution in [-0.2, 0) is 11.3 Å². The quantitative estimate of drug-likeness (QED) is 0.766. The topological polar surface area (TPSA) is 76.4 Å². The molecule has 0 saturated carbocycles. The molecule has 6 nitrogen and oxygen atoms in total. The molecular formula is C17H20BrN3O3S.